The Morgan fingerprint density at radius 1 is 1.24 bits per heavy atom. The van der Waals surface area contributed by atoms with Crippen molar-refractivity contribution < 1.29 is 19.4 Å². The van der Waals surface area contributed by atoms with Crippen LogP contribution in [-0.4, -0.2) is 29.3 Å². The van der Waals surface area contributed by atoms with Crippen LogP contribution in [0, 0.1) is 16.7 Å². The van der Waals surface area contributed by atoms with Crippen molar-refractivity contribution in [2.45, 2.75) is 46.0 Å². The molecule has 34 heavy (non-hydrogen) atoms. The summed E-state index contributed by atoms with van der Waals surface area (Å²) in [7, 11) is 0. The first kappa shape index (κ1) is 23.5. The quantitative estimate of drug-likeness (QED) is 0.345. The Morgan fingerprint density at radius 2 is 1.94 bits per heavy atom. The maximum absolute atomic E-state index is 13.1. The van der Waals surface area contributed by atoms with E-state index < -0.39 is 11.7 Å². The molecule has 7 nitrogen and oxygen atoms in total. The summed E-state index contributed by atoms with van der Waals surface area (Å²) in [4.78, 5) is 28.1. The number of nitrogens with zero attached hydrogens (tertiary/aromatic N) is 2. The number of aryl methyl sites for hydroxylation is 2. The molecule has 2 N–H and O–H groups in total. The van der Waals surface area contributed by atoms with Crippen molar-refractivity contribution in [3.63, 3.8) is 0 Å². The van der Waals surface area contributed by atoms with E-state index in [1.54, 1.807) is 19.1 Å². The third-order valence-electron chi connectivity index (χ3n) is 6.04. The molecule has 0 fully saturated rings. The highest BCUT2D eigenvalue weighted by atomic mass is 32.1. The van der Waals surface area contributed by atoms with Crippen molar-refractivity contribution in [2.75, 3.05) is 11.5 Å². The minimum absolute atomic E-state index is 0.00674. The molecule has 0 atom stereocenters. The number of esters is 1. The summed E-state index contributed by atoms with van der Waals surface area (Å²) in [5.74, 6) is -2.05. The third kappa shape index (κ3) is 4.03. The van der Waals surface area contributed by atoms with Crippen LogP contribution in [0.2, 0.25) is 0 Å². The lowest BCUT2D eigenvalue weighted by Crippen LogP contribution is -2.28. The van der Waals surface area contributed by atoms with Gasteiger partial charge >= 0.3 is 5.97 Å². The van der Waals surface area contributed by atoms with E-state index in [9.17, 15) is 20.0 Å². The standard InChI is InChI=1S/C26H25N3O4S/c1-3-15-9-11-16(12-10-15)20(30)13-19-23(31)22(26(32)33-4-2)24(28)29(19)25-18(14-27)17-7-5-6-8-21(17)34-25/h9-13,28,31H,3-8H2,1-2H3. The molecule has 4 rings (SSSR count). The van der Waals surface area contributed by atoms with E-state index in [2.05, 4.69) is 6.07 Å². The fourth-order valence-electron chi connectivity index (χ4n) is 4.26. The van der Waals surface area contributed by atoms with Crippen LogP contribution >= 0.6 is 11.3 Å². The van der Waals surface area contributed by atoms with Gasteiger partial charge in [-0.25, -0.2) is 4.79 Å². The first-order valence-electron chi connectivity index (χ1n) is 11.3. The van der Waals surface area contributed by atoms with Crippen LogP contribution < -0.4 is 4.90 Å². The highest BCUT2D eigenvalue weighted by Crippen LogP contribution is 2.44. The predicted molar refractivity (Wildman–Crippen MR) is 130 cm³/mol. The second-order valence-corrected chi connectivity index (χ2v) is 9.16. The molecule has 2 heterocycles. The van der Waals surface area contributed by atoms with Crippen LogP contribution in [0.25, 0.3) is 0 Å². The number of benzene rings is 1. The number of carbonyl (C=O) groups excluding carboxylic acids is 2. The number of hydrogen-bond donors (Lipinski definition) is 2. The van der Waals surface area contributed by atoms with Crippen LogP contribution in [0.3, 0.4) is 0 Å². The van der Waals surface area contributed by atoms with Crippen molar-refractivity contribution in [3.05, 3.63) is 74.5 Å². The Hall–Kier alpha value is -3.70. The van der Waals surface area contributed by atoms with Gasteiger partial charge in [-0.3, -0.25) is 15.1 Å². The highest BCUT2D eigenvalue weighted by molar-refractivity contribution is 7.16. The van der Waals surface area contributed by atoms with Gasteiger partial charge in [-0.15, -0.1) is 11.3 Å². The predicted octanol–water partition coefficient (Wildman–Crippen LogP) is 5.00. The molecule has 1 aromatic heterocycles. The number of ether oxygens (including phenoxy) is 1. The third-order valence-corrected chi connectivity index (χ3v) is 7.32. The van der Waals surface area contributed by atoms with E-state index in [-0.39, 0.29) is 29.5 Å². The van der Waals surface area contributed by atoms with Crippen molar-refractivity contribution in [1.29, 1.82) is 10.7 Å². The Morgan fingerprint density at radius 3 is 2.59 bits per heavy atom. The lowest BCUT2D eigenvalue weighted by molar-refractivity contribution is -0.138. The number of rotatable bonds is 6. The van der Waals surface area contributed by atoms with Crippen LogP contribution in [-0.2, 0) is 28.8 Å². The van der Waals surface area contributed by atoms with E-state index in [4.69, 9.17) is 10.1 Å². The number of thiophene rings is 1. The Kier molecular flexibility index (Phi) is 6.66. The molecule has 0 amide bonds. The average molecular weight is 476 g/mol. The number of anilines is 1. The molecule has 174 valence electrons. The van der Waals surface area contributed by atoms with E-state index in [1.165, 1.54) is 22.3 Å². The molecule has 8 heteroatoms. The molecule has 1 aliphatic carbocycles. The Bertz CT molecular complexity index is 1280. The summed E-state index contributed by atoms with van der Waals surface area (Å²) in [6.45, 7) is 3.72. The maximum atomic E-state index is 13.1. The van der Waals surface area contributed by atoms with Gasteiger partial charge in [0.25, 0.3) is 0 Å². The monoisotopic (exact) mass is 475 g/mol. The lowest BCUT2D eigenvalue weighted by atomic mass is 9.96. The Balaban J connectivity index is 1.84. The average Bonchev–Trinajstić information content (AvgIpc) is 3.32. The molecule has 0 saturated carbocycles. The second kappa shape index (κ2) is 9.65. The lowest BCUT2D eigenvalue weighted by Gasteiger charge is -2.19. The molecule has 0 radical (unpaired) electrons. The second-order valence-electron chi connectivity index (χ2n) is 8.08. The van der Waals surface area contributed by atoms with E-state index in [0.717, 1.165) is 48.1 Å². The molecule has 1 aliphatic heterocycles. The van der Waals surface area contributed by atoms with Crippen LogP contribution in [0.5, 0.6) is 0 Å². The molecule has 1 aromatic carbocycles. The molecule has 2 aliphatic rings. The fourth-order valence-corrected chi connectivity index (χ4v) is 5.61. The van der Waals surface area contributed by atoms with Crippen LogP contribution in [0.4, 0.5) is 5.00 Å². The number of ketones is 1. The number of aliphatic hydroxyl groups is 1. The number of aliphatic hydroxyl groups excluding tert-OH is 1. The SMILES string of the molecule is CCOC(=O)C1=C(O)C(=CC(=O)c2ccc(CC)cc2)N(c2sc3c(c2C#N)CCCC3)C1=N. The van der Waals surface area contributed by atoms with Gasteiger partial charge < -0.3 is 9.84 Å². The summed E-state index contributed by atoms with van der Waals surface area (Å²) in [5.41, 5.74) is 2.55. The number of allylic oxidation sites excluding steroid dienone is 1. The molecule has 0 unspecified atom stereocenters. The summed E-state index contributed by atoms with van der Waals surface area (Å²) in [6, 6.07) is 9.39. The van der Waals surface area contributed by atoms with Crippen molar-refractivity contribution in [1.82, 2.24) is 0 Å². The molecule has 2 aromatic rings. The van der Waals surface area contributed by atoms with E-state index >= 15 is 0 Å². The zero-order valence-corrected chi connectivity index (χ0v) is 19.9. The smallest absolute Gasteiger partial charge is 0.345 e. The van der Waals surface area contributed by atoms with E-state index in [0.29, 0.717) is 16.1 Å². The van der Waals surface area contributed by atoms with Gasteiger partial charge in [0.05, 0.1) is 17.9 Å². The van der Waals surface area contributed by atoms with Gasteiger partial charge in [-0.1, -0.05) is 31.2 Å². The van der Waals surface area contributed by atoms with Gasteiger partial charge in [0, 0.05) is 16.5 Å². The largest absolute Gasteiger partial charge is 0.505 e. The molecule has 0 bridgehead atoms. The Labute approximate surface area is 202 Å². The minimum atomic E-state index is -0.849. The summed E-state index contributed by atoms with van der Waals surface area (Å²) < 4.78 is 5.05. The van der Waals surface area contributed by atoms with Gasteiger partial charge in [0.15, 0.2) is 11.5 Å². The fraction of sp³-hybridized carbons (Fsp3) is 0.308. The number of nitrogens with one attached hydrogen (secondary N) is 1. The first-order valence-corrected chi connectivity index (χ1v) is 12.1. The molecular formula is C26H25N3O4S. The number of fused-ring (bicyclic) bond motifs is 1. The highest BCUT2D eigenvalue weighted by Gasteiger charge is 2.41. The summed E-state index contributed by atoms with van der Waals surface area (Å²) in [5, 5.41) is 30.1. The van der Waals surface area contributed by atoms with Crippen molar-refractivity contribution in [3.8, 4) is 6.07 Å². The number of carbonyl (C=O) groups is 2. The first-order chi connectivity index (χ1) is 16.4. The van der Waals surface area contributed by atoms with Crippen LogP contribution in [0.1, 0.15) is 58.6 Å². The van der Waals surface area contributed by atoms with Crippen molar-refractivity contribution >= 4 is 33.9 Å². The van der Waals surface area contributed by atoms with Gasteiger partial charge in [-0.2, -0.15) is 5.26 Å². The normalized spacial score (nSPS) is 16.6. The topological polar surface area (TPSA) is 114 Å². The summed E-state index contributed by atoms with van der Waals surface area (Å²) in [6.07, 6.45) is 5.65. The van der Waals surface area contributed by atoms with E-state index in [1.807, 2.05) is 19.1 Å². The van der Waals surface area contributed by atoms with Crippen molar-refractivity contribution in [2.24, 2.45) is 0 Å². The molecule has 0 saturated heterocycles. The number of amidine groups is 1. The zero-order chi connectivity index (χ0) is 24.4. The molecule has 0 spiro atoms. The van der Waals surface area contributed by atoms with Gasteiger partial charge in [0.2, 0.25) is 0 Å². The minimum Gasteiger partial charge on any atom is -0.505 e. The van der Waals surface area contributed by atoms with Gasteiger partial charge in [0.1, 0.15) is 22.5 Å². The van der Waals surface area contributed by atoms with Crippen LogP contribution in [0.15, 0.2) is 47.4 Å². The summed E-state index contributed by atoms with van der Waals surface area (Å²) >= 11 is 1.37. The number of hydrogen-bond acceptors (Lipinski definition) is 7. The molecular weight excluding hydrogens is 450 g/mol. The maximum Gasteiger partial charge on any atom is 0.345 e. The zero-order valence-electron chi connectivity index (χ0n) is 19.1. The number of nitriles is 1. The van der Waals surface area contributed by atoms with Gasteiger partial charge in [-0.05, 0) is 50.2 Å².